The lowest BCUT2D eigenvalue weighted by atomic mass is 9.88. The third-order valence-electron chi connectivity index (χ3n) is 6.77. The molecule has 5 nitrogen and oxygen atoms in total. The maximum atomic E-state index is 12.4. The molecule has 0 spiro atoms. The van der Waals surface area contributed by atoms with Crippen molar-refractivity contribution in [2.45, 2.75) is 44.1 Å². The predicted octanol–water partition coefficient (Wildman–Crippen LogP) is 4.83. The highest BCUT2D eigenvalue weighted by Crippen LogP contribution is 2.29. The Kier molecular flexibility index (Phi) is 8.21. The van der Waals surface area contributed by atoms with Gasteiger partial charge in [-0.15, -0.1) is 0 Å². The Morgan fingerprint density at radius 1 is 0.882 bits per heavy atom. The van der Waals surface area contributed by atoms with Gasteiger partial charge < -0.3 is 20.4 Å². The topological polar surface area (TPSA) is 72.8 Å². The summed E-state index contributed by atoms with van der Waals surface area (Å²) in [7, 11) is 0. The summed E-state index contributed by atoms with van der Waals surface area (Å²) >= 11 is 0. The predicted molar refractivity (Wildman–Crippen MR) is 135 cm³/mol. The molecule has 4 rings (SSSR count). The zero-order valence-electron chi connectivity index (χ0n) is 19.6. The maximum Gasteiger partial charge on any atom is 0.220 e. The number of benzene rings is 3. The summed E-state index contributed by atoms with van der Waals surface area (Å²) in [6.07, 6.45) is 3.92. The molecule has 0 atom stereocenters. The minimum Gasteiger partial charge on any atom is -0.504 e. The Labute approximate surface area is 202 Å². The number of nitrogens with one attached hydrogen (secondary N) is 1. The van der Waals surface area contributed by atoms with Gasteiger partial charge >= 0.3 is 0 Å². The van der Waals surface area contributed by atoms with Crippen LogP contribution in [0.5, 0.6) is 11.5 Å². The van der Waals surface area contributed by atoms with Crippen LogP contribution in [0.3, 0.4) is 0 Å². The van der Waals surface area contributed by atoms with Gasteiger partial charge in [0.2, 0.25) is 5.91 Å². The van der Waals surface area contributed by atoms with Crippen LogP contribution in [0.4, 0.5) is 0 Å². The third kappa shape index (κ3) is 6.61. The highest BCUT2D eigenvalue weighted by Gasteiger charge is 2.22. The van der Waals surface area contributed by atoms with Gasteiger partial charge in [-0.1, -0.05) is 66.7 Å². The third-order valence-corrected chi connectivity index (χ3v) is 6.77. The van der Waals surface area contributed by atoms with Crippen molar-refractivity contribution in [2.75, 3.05) is 19.6 Å². The van der Waals surface area contributed by atoms with Crippen LogP contribution in [0.1, 0.15) is 48.3 Å². The van der Waals surface area contributed by atoms with Gasteiger partial charge in [0.15, 0.2) is 11.5 Å². The number of hydrogen-bond donors (Lipinski definition) is 3. The average molecular weight is 459 g/mol. The number of carbonyl (C=O) groups excluding carboxylic acids is 1. The molecule has 0 aliphatic carbocycles. The molecule has 34 heavy (non-hydrogen) atoms. The average Bonchev–Trinajstić information content (AvgIpc) is 2.87. The van der Waals surface area contributed by atoms with E-state index in [1.165, 1.54) is 23.3 Å². The highest BCUT2D eigenvalue weighted by molar-refractivity contribution is 5.76. The fourth-order valence-electron chi connectivity index (χ4n) is 4.79. The van der Waals surface area contributed by atoms with Crippen LogP contribution in [-0.4, -0.2) is 46.7 Å². The fraction of sp³-hybridized carbons (Fsp3) is 0.345. The van der Waals surface area contributed by atoms with Crippen molar-refractivity contribution in [3.05, 3.63) is 95.6 Å². The minimum absolute atomic E-state index is 0.0410. The first-order valence-corrected chi connectivity index (χ1v) is 12.2. The van der Waals surface area contributed by atoms with Gasteiger partial charge in [0.05, 0.1) is 0 Å². The van der Waals surface area contributed by atoms with Crippen LogP contribution < -0.4 is 5.32 Å². The van der Waals surface area contributed by atoms with Gasteiger partial charge in [0.1, 0.15) is 0 Å². The number of amides is 1. The molecule has 1 aliphatic rings. The molecule has 3 N–H and O–H groups in total. The molecular formula is C29H34N2O3. The number of rotatable bonds is 9. The summed E-state index contributed by atoms with van der Waals surface area (Å²) < 4.78 is 0. The quantitative estimate of drug-likeness (QED) is 0.402. The fourth-order valence-corrected chi connectivity index (χ4v) is 4.79. The van der Waals surface area contributed by atoms with E-state index in [0.29, 0.717) is 18.8 Å². The highest BCUT2D eigenvalue weighted by atomic mass is 16.3. The van der Waals surface area contributed by atoms with Crippen LogP contribution in [0, 0.1) is 0 Å². The van der Waals surface area contributed by atoms with Crippen molar-refractivity contribution in [1.82, 2.24) is 10.2 Å². The Bertz CT molecular complexity index is 1010. The number of phenols is 2. The SMILES string of the molecule is O=C(CCc1ccc(O)c(O)c1)NC1CCN(CCC(c2ccccc2)c2ccccc2)CC1. The van der Waals surface area contributed by atoms with Crippen molar-refractivity contribution in [3.8, 4) is 11.5 Å². The second kappa shape index (κ2) is 11.7. The molecule has 1 fully saturated rings. The molecule has 3 aromatic rings. The standard InChI is InChI=1S/C29H34N2O3/c32-27-13-11-22(21-28(27)33)12-14-29(34)30-25-15-18-31(19-16-25)20-17-26(23-7-3-1-4-8-23)24-9-5-2-6-10-24/h1-11,13,21,25-26,32-33H,12,14-20H2,(H,30,34). The molecule has 1 heterocycles. The summed E-state index contributed by atoms with van der Waals surface area (Å²) in [4.78, 5) is 14.9. The van der Waals surface area contributed by atoms with Gasteiger partial charge in [-0.3, -0.25) is 4.79 Å². The molecule has 0 aromatic heterocycles. The number of carbonyl (C=O) groups is 1. The normalized spacial score (nSPS) is 14.9. The van der Waals surface area contributed by atoms with E-state index in [1.54, 1.807) is 6.07 Å². The van der Waals surface area contributed by atoms with Crippen LogP contribution in [0.25, 0.3) is 0 Å². The van der Waals surface area contributed by atoms with Crippen LogP contribution in [0.15, 0.2) is 78.9 Å². The second-order valence-electron chi connectivity index (χ2n) is 9.17. The minimum atomic E-state index is -0.146. The first-order valence-electron chi connectivity index (χ1n) is 12.2. The van der Waals surface area contributed by atoms with E-state index >= 15 is 0 Å². The van der Waals surface area contributed by atoms with Gasteiger partial charge in [-0.25, -0.2) is 0 Å². The van der Waals surface area contributed by atoms with Gasteiger partial charge in [-0.05, 0) is 61.1 Å². The summed E-state index contributed by atoms with van der Waals surface area (Å²) in [5.41, 5.74) is 3.56. The van der Waals surface area contributed by atoms with E-state index in [1.807, 2.05) is 0 Å². The molecular weight excluding hydrogens is 424 g/mol. The Hall–Kier alpha value is -3.31. The Balaban J connectivity index is 1.22. The van der Waals surface area contributed by atoms with E-state index in [0.717, 1.165) is 44.5 Å². The van der Waals surface area contributed by atoms with E-state index in [-0.39, 0.29) is 23.4 Å². The van der Waals surface area contributed by atoms with Crippen molar-refractivity contribution >= 4 is 5.91 Å². The molecule has 5 heteroatoms. The molecule has 0 saturated carbocycles. The lowest BCUT2D eigenvalue weighted by Crippen LogP contribution is -2.45. The zero-order chi connectivity index (χ0) is 23.8. The monoisotopic (exact) mass is 458 g/mol. The molecule has 178 valence electrons. The molecule has 0 bridgehead atoms. The maximum absolute atomic E-state index is 12.4. The van der Waals surface area contributed by atoms with Crippen LogP contribution in [-0.2, 0) is 11.2 Å². The first kappa shape index (κ1) is 23.8. The summed E-state index contributed by atoms with van der Waals surface area (Å²) in [6, 6.07) is 26.4. The van der Waals surface area contributed by atoms with E-state index in [4.69, 9.17) is 0 Å². The van der Waals surface area contributed by atoms with Crippen LogP contribution in [0.2, 0.25) is 0 Å². The molecule has 1 aliphatic heterocycles. The first-order chi connectivity index (χ1) is 16.6. The van der Waals surface area contributed by atoms with E-state index in [9.17, 15) is 15.0 Å². The van der Waals surface area contributed by atoms with Crippen LogP contribution >= 0.6 is 0 Å². The largest absolute Gasteiger partial charge is 0.504 e. The van der Waals surface area contributed by atoms with Gasteiger partial charge in [0, 0.05) is 31.5 Å². The number of phenolic OH excluding ortho intramolecular Hbond substituents is 2. The molecule has 0 radical (unpaired) electrons. The van der Waals surface area contributed by atoms with Gasteiger partial charge in [-0.2, -0.15) is 0 Å². The second-order valence-corrected chi connectivity index (χ2v) is 9.17. The zero-order valence-corrected chi connectivity index (χ0v) is 19.6. The van der Waals surface area contributed by atoms with Gasteiger partial charge in [0.25, 0.3) is 0 Å². The molecule has 3 aromatic carbocycles. The smallest absolute Gasteiger partial charge is 0.220 e. The Morgan fingerprint density at radius 3 is 2.09 bits per heavy atom. The summed E-state index contributed by atoms with van der Waals surface area (Å²) in [5, 5.41) is 22.2. The Morgan fingerprint density at radius 2 is 1.50 bits per heavy atom. The number of likely N-dealkylation sites (tertiary alicyclic amines) is 1. The number of aromatic hydroxyl groups is 2. The molecule has 0 unspecified atom stereocenters. The van der Waals surface area contributed by atoms with Crippen molar-refractivity contribution in [2.24, 2.45) is 0 Å². The molecule has 1 amide bonds. The summed E-state index contributed by atoms with van der Waals surface area (Å²) in [6.45, 7) is 3.03. The van der Waals surface area contributed by atoms with Crippen molar-refractivity contribution in [3.63, 3.8) is 0 Å². The number of nitrogens with zero attached hydrogens (tertiary/aromatic N) is 1. The summed E-state index contributed by atoms with van der Waals surface area (Å²) in [5.74, 6) is 0.143. The van der Waals surface area contributed by atoms with E-state index in [2.05, 4.69) is 70.9 Å². The van der Waals surface area contributed by atoms with Crippen molar-refractivity contribution < 1.29 is 15.0 Å². The lowest BCUT2D eigenvalue weighted by Gasteiger charge is -2.33. The number of piperidine rings is 1. The molecule has 1 saturated heterocycles. The van der Waals surface area contributed by atoms with Crippen molar-refractivity contribution in [1.29, 1.82) is 0 Å². The lowest BCUT2D eigenvalue weighted by molar-refractivity contribution is -0.122. The number of hydrogen-bond acceptors (Lipinski definition) is 4. The number of aryl methyl sites for hydroxylation is 1. The van der Waals surface area contributed by atoms with E-state index < -0.39 is 0 Å².